The third-order valence-electron chi connectivity index (χ3n) is 4.84. The molecule has 1 heterocycles. The average Bonchev–Trinajstić information content (AvgIpc) is 2.96. The number of carboxylic acids is 1. The summed E-state index contributed by atoms with van der Waals surface area (Å²) in [5.41, 5.74) is 0. The first-order valence-electron chi connectivity index (χ1n) is 7.48. The number of carboxylic acid groups (broad SMARTS) is 1. The Balaban J connectivity index is 1.46. The normalized spacial score (nSPS) is 38.9. The van der Waals surface area contributed by atoms with E-state index in [0.717, 1.165) is 6.42 Å². The number of carbonyl (C=O) groups excluding carboxylic acids is 1. The zero-order chi connectivity index (χ0) is 14.1. The Bertz CT molecular complexity index is 434. The molecule has 2 fully saturated rings. The Morgan fingerprint density at radius 1 is 1.15 bits per heavy atom. The molecule has 110 valence electrons. The molecule has 1 aliphatic heterocycles. The minimum Gasteiger partial charge on any atom is -0.479 e. The van der Waals surface area contributed by atoms with Gasteiger partial charge in [-0.2, -0.15) is 0 Å². The highest BCUT2D eigenvalue weighted by Gasteiger charge is 2.36. The summed E-state index contributed by atoms with van der Waals surface area (Å²) in [5, 5.41) is 11.8. The van der Waals surface area contributed by atoms with Crippen LogP contribution in [0.1, 0.15) is 32.1 Å². The molecule has 4 rings (SSSR count). The van der Waals surface area contributed by atoms with E-state index in [2.05, 4.69) is 17.5 Å². The van der Waals surface area contributed by atoms with Crippen molar-refractivity contribution in [3.63, 3.8) is 0 Å². The Morgan fingerprint density at radius 2 is 1.95 bits per heavy atom. The molecule has 2 N–H and O–H groups in total. The molecule has 1 amide bonds. The van der Waals surface area contributed by atoms with E-state index >= 15 is 0 Å². The van der Waals surface area contributed by atoms with Crippen LogP contribution in [0.25, 0.3) is 0 Å². The fourth-order valence-corrected chi connectivity index (χ4v) is 3.64. The first-order chi connectivity index (χ1) is 9.63. The van der Waals surface area contributed by atoms with Gasteiger partial charge < -0.3 is 15.2 Å². The fraction of sp³-hybridized carbons (Fsp3) is 0.733. The van der Waals surface area contributed by atoms with Gasteiger partial charge in [-0.3, -0.25) is 4.79 Å². The molecule has 0 aromatic carbocycles. The van der Waals surface area contributed by atoms with Crippen molar-refractivity contribution in [3.05, 3.63) is 12.2 Å². The van der Waals surface area contributed by atoms with Crippen LogP contribution in [0.3, 0.4) is 0 Å². The second-order valence-electron chi connectivity index (χ2n) is 6.16. The average molecular weight is 279 g/mol. The van der Waals surface area contributed by atoms with Crippen molar-refractivity contribution in [1.29, 1.82) is 0 Å². The molecule has 5 atom stereocenters. The summed E-state index contributed by atoms with van der Waals surface area (Å²) in [7, 11) is 0. The van der Waals surface area contributed by atoms with E-state index in [0.29, 0.717) is 37.1 Å². The van der Waals surface area contributed by atoms with Crippen LogP contribution < -0.4 is 5.32 Å². The van der Waals surface area contributed by atoms with Gasteiger partial charge in [0.15, 0.2) is 6.10 Å². The number of rotatable bonds is 4. The predicted molar refractivity (Wildman–Crippen MR) is 72.0 cm³/mol. The van der Waals surface area contributed by atoms with Gasteiger partial charge in [0.1, 0.15) is 6.10 Å². The molecule has 5 nitrogen and oxygen atoms in total. The van der Waals surface area contributed by atoms with Crippen molar-refractivity contribution in [1.82, 2.24) is 5.32 Å². The lowest BCUT2D eigenvalue weighted by Crippen LogP contribution is -2.41. The van der Waals surface area contributed by atoms with E-state index in [-0.39, 0.29) is 5.91 Å². The zero-order valence-electron chi connectivity index (χ0n) is 11.5. The summed E-state index contributed by atoms with van der Waals surface area (Å²) in [6.07, 6.45) is 7.77. The van der Waals surface area contributed by atoms with Crippen molar-refractivity contribution in [3.8, 4) is 0 Å². The predicted octanol–water partition coefficient (Wildman–Crippen LogP) is 1.34. The lowest BCUT2D eigenvalue weighted by atomic mass is 9.69. The molecule has 4 aliphatic rings. The molecule has 0 aromatic heterocycles. The van der Waals surface area contributed by atoms with E-state index in [1.54, 1.807) is 0 Å². The van der Waals surface area contributed by atoms with Crippen molar-refractivity contribution in [2.75, 3.05) is 6.54 Å². The SMILES string of the molecule is O=C(NCC1CC2C=CC1CC2)[C@@H]1CC[C@H](C(=O)O)O1. The van der Waals surface area contributed by atoms with Crippen LogP contribution in [0.2, 0.25) is 0 Å². The number of nitrogens with one attached hydrogen (secondary N) is 1. The van der Waals surface area contributed by atoms with Crippen LogP contribution in [-0.4, -0.2) is 35.7 Å². The number of carbonyl (C=O) groups is 2. The Hall–Kier alpha value is -1.36. The fourth-order valence-electron chi connectivity index (χ4n) is 3.64. The van der Waals surface area contributed by atoms with Gasteiger partial charge >= 0.3 is 5.97 Å². The van der Waals surface area contributed by atoms with Gasteiger partial charge in [-0.1, -0.05) is 12.2 Å². The molecule has 0 aromatic rings. The number of ether oxygens (including phenoxy) is 1. The standard InChI is InChI=1S/C15H21NO4/c17-14(12-5-6-13(20-12)15(18)19)16-8-11-7-9-1-3-10(11)4-2-9/h1,3,9-13H,2,4-8H2,(H,16,17)(H,18,19)/t9?,10?,11?,12-,13+/m0/s1. The summed E-state index contributed by atoms with van der Waals surface area (Å²) in [5.74, 6) is 0.672. The summed E-state index contributed by atoms with van der Waals surface area (Å²) >= 11 is 0. The summed E-state index contributed by atoms with van der Waals surface area (Å²) in [6.45, 7) is 0.682. The van der Waals surface area contributed by atoms with Crippen LogP contribution in [0.15, 0.2) is 12.2 Å². The third kappa shape index (κ3) is 2.73. The number of fused-ring (bicyclic) bond motifs is 2. The van der Waals surface area contributed by atoms with Crippen molar-refractivity contribution < 1.29 is 19.4 Å². The van der Waals surface area contributed by atoms with Crippen LogP contribution in [0.4, 0.5) is 0 Å². The van der Waals surface area contributed by atoms with Gasteiger partial charge in [0.2, 0.25) is 5.91 Å². The zero-order valence-corrected chi connectivity index (χ0v) is 11.5. The molecule has 1 saturated heterocycles. The molecule has 1 saturated carbocycles. The molecule has 3 aliphatic carbocycles. The Labute approximate surface area is 118 Å². The van der Waals surface area contributed by atoms with Crippen LogP contribution in [0, 0.1) is 17.8 Å². The second-order valence-corrected chi connectivity index (χ2v) is 6.16. The van der Waals surface area contributed by atoms with E-state index in [1.807, 2.05) is 0 Å². The molecule has 0 radical (unpaired) electrons. The first-order valence-corrected chi connectivity index (χ1v) is 7.48. The highest BCUT2D eigenvalue weighted by Crippen LogP contribution is 2.39. The van der Waals surface area contributed by atoms with E-state index in [1.165, 1.54) is 12.8 Å². The molecule has 2 bridgehead atoms. The lowest BCUT2D eigenvalue weighted by Gasteiger charge is -2.38. The molecular formula is C15H21NO4. The number of hydrogen-bond donors (Lipinski definition) is 2. The molecule has 20 heavy (non-hydrogen) atoms. The number of allylic oxidation sites excluding steroid dienone is 2. The smallest absolute Gasteiger partial charge is 0.332 e. The van der Waals surface area contributed by atoms with Crippen LogP contribution in [0.5, 0.6) is 0 Å². The number of amides is 1. The summed E-state index contributed by atoms with van der Waals surface area (Å²) in [4.78, 5) is 22.8. The minimum atomic E-state index is -0.977. The van der Waals surface area contributed by atoms with E-state index < -0.39 is 18.2 Å². The van der Waals surface area contributed by atoms with E-state index in [4.69, 9.17) is 9.84 Å². The highest BCUT2D eigenvalue weighted by atomic mass is 16.5. The van der Waals surface area contributed by atoms with Crippen molar-refractivity contribution in [2.24, 2.45) is 17.8 Å². The van der Waals surface area contributed by atoms with Gasteiger partial charge in [-0.15, -0.1) is 0 Å². The van der Waals surface area contributed by atoms with Crippen LogP contribution >= 0.6 is 0 Å². The van der Waals surface area contributed by atoms with Crippen LogP contribution in [-0.2, 0) is 14.3 Å². The maximum Gasteiger partial charge on any atom is 0.332 e. The summed E-state index contributed by atoms with van der Waals surface area (Å²) < 4.78 is 5.26. The maximum absolute atomic E-state index is 12.0. The number of aliphatic carboxylic acids is 1. The van der Waals surface area contributed by atoms with Gasteiger partial charge in [0.05, 0.1) is 0 Å². The molecule has 3 unspecified atom stereocenters. The monoisotopic (exact) mass is 279 g/mol. The van der Waals surface area contributed by atoms with Gasteiger partial charge in [-0.05, 0) is 49.9 Å². The molecular weight excluding hydrogens is 258 g/mol. The Morgan fingerprint density at radius 3 is 2.50 bits per heavy atom. The maximum atomic E-state index is 12.0. The Kier molecular flexibility index (Phi) is 3.78. The lowest BCUT2D eigenvalue weighted by molar-refractivity contribution is -0.151. The highest BCUT2D eigenvalue weighted by molar-refractivity contribution is 5.82. The van der Waals surface area contributed by atoms with Gasteiger partial charge in [0, 0.05) is 6.54 Å². The summed E-state index contributed by atoms with van der Waals surface area (Å²) in [6, 6.07) is 0. The number of hydrogen-bond acceptors (Lipinski definition) is 3. The van der Waals surface area contributed by atoms with Crippen molar-refractivity contribution >= 4 is 11.9 Å². The van der Waals surface area contributed by atoms with Gasteiger partial charge in [0.25, 0.3) is 0 Å². The second kappa shape index (κ2) is 5.56. The third-order valence-corrected chi connectivity index (χ3v) is 4.84. The largest absolute Gasteiger partial charge is 0.479 e. The molecule has 5 heteroatoms. The van der Waals surface area contributed by atoms with E-state index in [9.17, 15) is 9.59 Å². The molecule has 0 spiro atoms. The first kappa shape index (κ1) is 13.6. The van der Waals surface area contributed by atoms with Crippen molar-refractivity contribution in [2.45, 2.75) is 44.3 Å². The minimum absolute atomic E-state index is 0.154. The quantitative estimate of drug-likeness (QED) is 0.761. The van der Waals surface area contributed by atoms with Gasteiger partial charge in [-0.25, -0.2) is 4.79 Å². The topological polar surface area (TPSA) is 75.6 Å².